The molecule has 0 fully saturated rings. The maximum atomic E-state index is 6.03. The van der Waals surface area contributed by atoms with E-state index >= 15 is 0 Å². The van der Waals surface area contributed by atoms with Gasteiger partial charge >= 0.3 is 0 Å². The average molecular weight is 322 g/mol. The Hall–Kier alpha value is -2.29. The zero-order valence-electron chi connectivity index (χ0n) is 15.3. The van der Waals surface area contributed by atoms with Crippen molar-refractivity contribution in [1.82, 2.24) is 9.55 Å². The third-order valence-corrected chi connectivity index (χ3v) is 4.74. The molecule has 0 atom stereocenters. The van der Waals surface area contributed by atoms with Crippen LogP contribution in [0.4, 0.5) is 0 Å². The van der Waals surface area contributed by atoms with Gasteiger partial charge in [-0.25, -0.2) is 4.98 Å². The number of ether oxygens (including phenoxy) is 1. The minimum Gasteiger partial charge on any atom is -0.493 e. The first kappa shape index (κ1) is 16.6. The molecule has 0 saturated heterocycles. The summed E-state index contributed by atoms with van der Waals surface area (Å²) in [7, 11) is 0. The first-order valence-electron chi connectivity index (χ1n) is 8.60. The van der Waals surface area contributed by atoms with Crippen LogP contribution in [0.15, 0.2) is 30.3 Å². The Balaban J connectivity index is 1.70. The number of fused-ring (bicyclic) bond motifs is 1. The van der Waals surface area contributed by atoms with Gasteiger partial charge in [-0.3, -0.25) is 0 Å². The summed E-state index contributed by atoms with van der Waals surface area (Å²) in [6.07, 6.45) is 0.965. The van der Waals surface area contributed by atoms with E-state index in [9.17, 15) is 0 Å². The van der Waals surface area contributed by atoms with Crippen molar-refractivity contribution >= 4 is 11.0 Å². The highest BCUT2D eigenvalue weighted by Crippen LogP contribution is 2.23. The zero-order valence-corrected chi connectivity index (χ0v) is 15.3. The molecule has 3 heteroatoms. The first-order valence-corrected chi connectivity index (χ1v) is 8.60. The lowest BCUT2D eigenvalue weighted by atomic mass is 10.1. The zero-order chi connectivity index (χ0) is 17.3. The Morgan fingerprint density at radius 3 is 2.29 bits per heavy atom. The summed E-state index contributed by atoms with van der Waals surface area (Å²) in [5.41, 5.74) is 7.32. The monoisotopic (exact) mass is 322 g/mol. The first-order chi connectivity index (χ1) is 11.5. The molecule has 2 aromatic carbocycles. The molecule has 1 heterocycles. The number of rotatable bonds is 5. The summed E-state index contributed by atoms with van der Waals surface area (Å²) in [6, 6.07) is 10.7. The van der Waals surface area contributed by atoms with Crippen molar-refractivity contribution in [2.45, 2.75) is 47.6 Å². The fraction of sp³-hybridized carbons (Fsp3) is 0.381. The van der Waals surface area contributed by atoms with Gasteiger partial charge in [-0.2, -0.15) is 0 Å². The minimum absolute atomic E-state index is 0.718. The van der Waals surface area contributed by atoms with E-state index in [0.717, 1.165) is 36.7 Å². The number of benzene rings is 2. The van der Waals surface area contributed by atoms with E-state index in [1.165, 1.54) is 27.8 Å². The molecule has 24 heavy (non-hydrogen) atoms. The van der Waals surface area contributed by atoms with E-state index in [4.69, 9.17) is 9.72 Å². The van der Waals surface area contributed by atoms with Crippen LogP contribution in [0.5, 0.6) is 5.75 Å². The van der Waals surface area contributed by atoms with E-state index in [2.05, 4.69) is 69.5 Å². The molecular formula is C21H26N2O. The molecule has 126 valence electrons. The highest BCUT2D eigenvalue weighted by atomic mass is 16.5. The predicted molar refractivity (Wildman–Crippen MR) is 100.0 cm³/mol. The fourth-order valence-electron chi connectivity index (χ4n) is 3.21. The van der Waals surface area contributed by atoms with Crippen molar-refractivity contribution in [3.05, 3.63) is 58.4 Å². The second-order valence-electron chi connectivity index (χ2n) is 6.66. The summed E-state index contributed by atoms with van der Waals surface area (Å²) in [6.45, 7) is 12.2. The molecule has 0 aliphatic carbocycles. The lowest BCUT2D eigenvalue weighted by Gasteiger charge is -2.13. The Morgan fingerprint density at radius 2 is 1.58 bits per heavy atom. The van der Waals surface area contributed by atoms with Crippen LogP contribution in [0.3, 0.4) is 0 Å². The van der Waals surface area contributed by atoms with Gasteiger partial charge in [0.25, 0.3) is 0 Å². The largest absolute Gasteiger partial charge is 0.493 e. The molecular weight excluding hydrogens is 296 g/mol. The summed E-state index contributed by atoms with van der Waals surface area (Å²) >= 11 is 0. The van der Waals surface area contributed by atoms with Crippen LogP contribution in [-0.2, 0) is 6.54 Å². The molecule has 3 rings (SSSR count). The molecule has 1 aromatic heterocycles. The average Bonchev–Trinajstić information content (AvgIpc) is 2.82. The number of nitrogens with zero attached hydrogens (tertiary/aromatic N) is 2. The molecule has 0 spiro atoms. The Morgan fingerprint density at radius 1 is 0.917 bits per heavy atom. The van der Waals surface area contributed by atoms with E-state index < -0.39 is 0 Å². The SMILES string of the molecule is Cc1cc2nc(C)n(CCCOc3c(C)cccc3C)c2cc1C. The number of hydrogen-bond donors (Lipinski definition) is 0. The second-order valence-corrected chi connectivity index (χ2v) is 6.66. The summed E-state index contributed by atoms with van der Waals surface area (Å²) in [4.78, 5) is 4.70. The molecule has 0 aliphatic rings. The number of para-hydroxylation sites is 1. The van der Waals surface area contributed by atoms with E-state index in [1.54, 1.807) is 0 Å². The van der Waals surface area contributed by atoms with Gasteiger partial charge in [0.05, 0.1) is 17.6 Å². The standard InChI is InChI=1S/C21H26N2O/c1-14-8-6-9-15(2)21(14)24-11-7-10-23-18(5)22-19-12-16(3)17(4)13-20(19)23/h6,8-9,12-13H,7,10-11H2,1-5H3. The Kier molecular flexibility index (Phi) is 4.61. The van der Waals surface area contributed by atoms with Crippen molar-refractivity contribution in [3.63, 3.8) is 0 Å². The molecule has 0 N–H and O–H groups in total. The third kappa shape index (κ3) is 3.16. The van der Waals surface area contributed by atoms with Crippen LogP contribution in [0.25, 0.3) is 11.0 Å². The molecule has 3 nitrogen and oxygen atoms in total. The number of imidazole rings is 1. The predicted octanol–water partition coefficient (Wildman–Crippen LogP) is 5.05. The summed E-state index contributed by atoms with van der Waals surface area (Å²) in [5, 5.41) is 0. The highest BCUT2D eigenvalue weighted by molar-refractivity contribution is 5.78. The maximum Gasteiger partial charge on any atom is 0.125 e. The van der Waals surface area contributed by atoms with Crippen molar-refractivity contribution in [2.24, 2.45) is 0 Å². The third-order valence-electron chi connectivity index (χ3n) is 4.74. The molecule has 0 bridgehead atoms. The number of aromatic nitrogens is 2. The topological polar surface area (TPSA) is 27.1 Å². The van der Waals surface area contributed by atoms with Crippen molar-refractivity contribution < 1.29 is 4.74 Å². The van der Waals surface area contributed by atoms with Crippen molar-refractivity contribution in [1.29, 1.82) is 0 Å². The second kappa shape index (κ2) is 6.68. The maximum absolute atomic E-state index is 6.03. The quantitative estimate of drug-likeness (QED) is 0.615. The van der Waals surface area contributed by atoms with Gasteiger partial charge in [-0.15, -0.1) is 0 Å². The van der Waals surface area contributed by atoms with E-state index in [0.29, 0.717) is 0 Å². The lowest BCUT2D eigenvalue weighted by molar-refractivity contribution is 0.298. The highest BCUT2D eigenvalue weighted by Gasteiger charge is 2.09. The van der Waals surface area contributed by atoms with Gasteiger partial charge < -0.3 is 9.30 Å². The lowest BCUT2D eigenvalue weighted by Crippen LogP contribution is -2.07. The van der Waals surface area contributed by atoms with Crippen LogP contribution in [0.1, 0.15) is 34.5 Å². The Bertz CT molecular complexity index is 857. The van der Waals surface area contributed by atoms with Gasteiger partial charge in [-0.1, -0.05) is 18.2 Å². The van der Waals surface area contributed by atoms with Crippen LogP contribution in [-0.4, -0.2) is 16.2 Å². The van der Waals surface area contributed by atoms with Gasteiger partial charge in [0.15, 0.2) is 0 Å². The molecule has 0 amide bonds. The molecule has 0 radical (unpaired) electrons. The molecule has 0 unspecified atom stereocenters. The Labute approximate surface area is 144 Å². The van der Waals surface area contributed by atoms with Gasteiger partial charge in [0.2, 0.25) is 0 Å². The molecule has 0 aliphatic heterocycles. The smallest absolute Gasteiger partial charge is 0.125 e. The minimum atomic E-state index is 0.718. The fourth-order valence-corrected chi connectivity index (χ4v) is 3.21. The summed E-state index contributed by atoms with van der Waals surface area (Å²) < 4.78 is 8.33. The van der Waals surface area contributed by atoms with Gasteiger partial charge in [0, 0.05) is 6.54 Å². The van der Waals surface area contributed by atoms with E-state index in [1.807, 2.05) is 0 Å². The molecule has 0 saturated carbocycles. The number of aryl methyl sites for hydroxylation is 6. The summed E-state index contributed by atoms with van der Waals surface area (Å²) in [5.74, 6) is 2.10. The van der Waals surface area contributed by atoms with Gasteiger partial charge in [0.1, 0.15) is 11.6 Å². The van der Waals surface area contributed by atoms with E-state index in [-0.39, 0.29) is 0 Å². The molecule has 3 aromatic rings. The van der Waals surface area contributed by atoms with Crippen LogP contribution in [0, 0.1) is 34.6 Å². The van der Waals surface area contributed by atoms with Crippen molar-refractivity contribution in [3.8, 4) is 5.75 Å². The van der Waals surface area contributed by atoms with Crippen LogP contribution < -0.4 is 4.74 Å². The normalized spacial score (nSPS) is 11.2. The van der Waals surface area contributed by atoms with Gasteiger partial charge in [-0.05, 0) is 75.4 Å². The van der Waals surface area contributed by atoms with Crippen LogP contribution >= 0.6 is 0 Å². The van der Waals surface area contributed by atoms with Crippen molar-refractivity contribution in [2.75, 3.05) is 6.61 Å². The van der Waals surface area contributed by atoms with Crippen LogP contribution in [0.2, 0.25) is 0 Å². The number of hydrogen-bond acceptors (Lipinski definition) is 2.